The molecule has 3 heteroatoms. The largest absolute Gasteiger partial charge is 0.348 e. The average molecular weight is 240 g/mol. The van der Waals surface area contributed by atoms with Crippen molar-refractivity contribution < 1.29 is 0 Å². The van der Waals surface area contributed by atoms with Gasteiger partial charge in [-0.05, 0) is 11.4 Å². The van der Waals surface area contributed by atoms with Crippen molar-refractivity contribution in [2.45, 2.75) is 6.42 Å². The van der Waals surface area contributed by atoms with Crippen LogP contribution in [0.1, 0.15) is 10.7 Å². The molecule has 3 aromatic rings. The molecule has 0 unspecified atom stereocenters. The van der Waals surface area contributed by atoms with Crippen molar-refractivity contribution in [2.24, 2.45) is 0 Å². The van der Waals surface area contributed by atoms with Crippen LogP contribution in [0.3, 0.4) is 0 Å². The molecule has 17 heavy (non-hydrogen) atoms. The van der Waals surface area contributed by atoms with Crippen molar-refractivity contribution in [3.05, 3.63) is 64.7 Å². The number of hydrogen-bond acceptors (Lipinski definition) is 2. The first-order chi connectivity index (χ1) is 8.42. The molecule has 3 rings (SSSR count). The van der Waals surface area contributed by atoms with Gasteiger partial charge < -0.3 is 4.98 Å². The molecule has 0 amide bonds. The lowest BCUT2D eigenvalue weighted by Gasteiger charge is -1.94. The molecule has 0 atom stereocenters. The minimum Gasteiger partial charge on any atom is -0.348 e. The first-order valence-corrected chi connectivity index (χ1v) is 6.42. The molecule has 0 aliphatic rings. The quantitative estimate of drug-likeness (QED) is 0.742. The van der Waals surface area contributed by atoms with E-state index in [2.05, 4.69) is 39.6 Å². The predicted molar refractivity (Wildman–Crippen MR) is 71.1 cm³/mol. The highest BCUT2D eigenvalue weighted by Crippen LogP contribution is 2.18. The molecule has 0 spiro atoms. The molecule has 0 bridgehead atoms. The van der Waals surface area contributed by atoms with E-state index < -0.39 is 0 Å². The number of hydrogen-bond donors (Lipinski definition) is 1. The van der Waals surface area contributed by atoms with Gasteiger partial charge in [-0.2, -0.15) is 0 Å². The Hall–Kier alpha value is -1.87. The lowest BCUT2D eigenvalue weighted by molar-refractivity contribution is 1.05. The fourth-order valence-corrected chi connectivity index (χ4v) is 2.50. The van der Waals surface area contributed by atoms with Crippen molar-refractivity contribution in [2.75, 3.05) is 0 Å². The summed E-state index contributed by atoms with van der Waals surface area (Å²) in [6.07, 6.45) is 2.85. The number of rotatable bonds is 3. The zero-order valence-corrected chi connectivity index (χ0v) is 10.1. The van der Waals surface area contributed by atoms with Crippen LogP contribution in [0.4, 0.5) is 0 Å². The molecule has 0 fully saturated rings. The topological polar surface area (TPSA) is 28.7 Å². The monoisotopic (exact) mass is 240 g/mol. The molecule has 2 nitrogen and oxygen atoms in total. The Bertz CT molecular complexity index is 582. The summed E-state index contributed by atoms with van der Waals surface area (Å²) < 4.78 is 0. The van der Waals surface area contributed by atoms with Gasteiger partial charge in [0.1, 0.15) is 5.82 Å². The minimum atomic E-state index is 0.879. The lowest BCUT2D eigenvalue weighted by Crippen LogP contribution is -1.87. The highest BCUT2D eigenvalue weighted by atomic mass is 32.1. The van der Waals surface area contributed by atoms with E-state index in [0.29, 0.717) is 0 Å². The van der Waals surface area contributed by atoms with E-state index in [1.807, 2.05) is 24.4 Å². The second kappa shape index (κ2) is 4.55. The number of nitrogens with zero attached hydrogens (tertiary/aromatic N) is 1. The van der Waals surface area contributed by atoms with Gasteiger partial charge in [-0.15, -0.1) is 11.3 Å². The number of imidazole rings is 1. The number of nitrogens with one attached hydrogen (secondary N) is 1. The summed E-state index contributed by atoms with van der Waals surface area (Å²) in [7, 11) is 0. The number of thiophene rings is 1. The molecule has 2 heterocycles. The first kappa shape index (κ1) is 10.3. The number of H-pyrrole nitrogens is 1. The van der Waals surface area contributed by atoms with E-state index in [9.17, 15) is 0 Å². The number of benzene rings is 1. The molecule has 0 saturated carbocycles. The summed E-state index contributed by atoms with van der Waals surface area (Å²) in [6, 6.07) is 14.4. The molecule has 1 N–H and O–H groups in total. The first-order valence-electron chi connectivity index (χ1n) is 5.54. The van der Waals surface area contributed by atoms with Crippen LogP contribution in [0.5, 0.6) is 0 Å². The van der Waals surface area contributed by atoms with Crippen LogP contribution in [-0.2, 0) is 6.42 Å². The van der Waals surface area contributed by atoms with Gasteiger partial charge in [-0.1, -0.05) is 36.4 Å². The van der Waals surface area contributed by atoms with Crippen LogP contribution >= 0.6 is 11.3 Å². The molecule has 2 aromatic heterocycles. The van der Waals surface area contributed by atoms with E-state index in [-0.39, 0.29) is 0 Å². The number of aromatic amines is 1. The number of aromatic nitrogens is 2. The Morgan fingerprint density at radius 3 is 2.71 bits per heavy atom. The molecule has 0 aliphatic heterocycles. The Labute approximate surface area is 104 Å². The van der Waals surface area contributed by atoms with E-state index in [1.165, 1.54) is 4.88 Å². The smallest absolute Gasteiger partial charge is 0.112 e. The Morgan fingerprint density at radius 1 is 1.06 bits per heavy atom. The fraction of sp³-hybridized carbons (Fsp3) is 0.0714. The van der Waals surface area contributed by atoms with Gasteiger partial charge in [0, 0.05) is 23.1 Å². The van der Waals surface area contributed by atoms with Crippen molar-refractivity contribution >= 4 is 11.3 Å². The van der Waals surface area contributed by atoms with E-state index in [1.54, 1.807) is 11.3 Å². The van der Waals surface area contributed by atoms with Crippen LogP contribution in [0, 0.1) is 0 Å². The Morgan fingerprint density at radius 2 is 1.94 bits per heavy atom. The lowest BCUT2D eigenvalue weighted by atomic mass is 10.2. The van der Waals surface area contributed by atoms with E-state index >= 15 is 0 Å². The Kier molecular flexibility index (Phi) is 2.76. The third kappa shape index (κ3) is 2.29. The maximum atomic E-state index is 4.61. The zero-order valence-electron chi connectivity index (χ0n) is 9.26. The van der Waals surface area contributed by atoms with Gasteiger partial charge in [0.05, 0.1) is 5.69 Å². The molecular weight excluding hydrogens is 228 g/mol. The van der Waals surface area contributed by atoms with Crippen LogP contribution in [0.15, 0.2) is 54.0 Å². The van der Waals surface area contributed by atoms with Gasteiger partial charge >= 0.3 is 0 Å². The predicted octanol–water partition coefficient (Wildman–Crippen LogP) is 3.73. The molecule has 84 valence electrons. The molecule has 0 radical (unpaired) electrons. The van der Waals surface area contributed by atoms with Crippen LogP contribution in [-0.4, -0.2) is 9.97 Å². The van der Waals surface area contributed by atoms with Crippen LogP contribution < -0.4 is 0 Å². The minimum absolute atomic E-state index is 0.879. The second-order valence-electron chi connectivity index (χ2n) is 3.85. The van der Waals surface area contributed by atoms with Gasteiger partial charge in [0.2, 0.25) is 0 Å². The van der Waals surface area contributed by atoms with Gasteiger partial charge in [0.25, 0.3) is 0 Å². The van der Waals surface area contributed by atoms with Gasteiger partial charge in [0.15, 0.2) is 0 Å². The highest BCUT2D eigenvalue weighted by Gasteiger charge is 2.04. The van der Waals surface area contributed by atoms with Crippen molar-refractivity contribution in [1.82, 2.24) is 9.97 Å². The summed E-state index contributed by atoms with van der Waals surface area (Å²) in [5.74, 6) is 1.02. The Balaban J connectivity index is 1.84. The normalized spacial score (nSPS) is 10.6. The van der Waals surface area contributed by atoms with Crippen molar-refractivity contribution in [3.63, 3.8) is 0 Å². The summed E-state index contributed by atoms with van der Waals surface area (Å²) in [4.78, 5) is 9.18. The van der Waals surface area contributed by atoms with Crippen LogP contribution in [0.2, 0.25) is 0 Å². The molecule has 0 saturated heterocycles. The molecule has 1 aromatic carbocycles. The van der Waals surface area contributed by atoms with Crippen molar-refractivity contribution in [1.29, 1.82) is 0 Å². The fourth-order valence-electron chi connectivity index (χ4n) is 1.79. The third-order valence-electron chi connectivity index (χ3n) is 2.62. The summed E-state index contributed by atoms with van der Waals surface area (Å²) >= 11 is 1.76. The van der Waals surface area contributed by atoms with E-state index in [4.69, 9.17) is 0 Å². The molecule has 0 aliphatic carbocycles. The summed E-state index contributed by atoms with van der Waals surface area (Å²) in [5, 5.41) is 2.09. The van der Waals surface area contributed by atoms with E-state index in [0.717, 1.165) is 23.5 Å². The zero-order chi connectivity index (χ0) is 11.5. The standard InChI is InChI=1S/C14H12N2S/c1-2-5-11(6-3-1)13-10-15-14(16-13)9-12-7-4-8-17-12/h1-8,10H,9H2,(H,15,16). The van der Waals surface area contributed by atoms with Crippen molar-refractivity contribution in [3.8, 4) is 11.3 Å². The molecular formula is C14H12N2S. The maximum absolute atomic E-state index is 4.61. The SMILES string of the molecule is c1ccc(-c2c[nH]c(Cc3cccs3)n2)cc1. The van der Waals surface area contributed by atoms with Gasteiger partial charge in [-0.25, -0.2) is 4.98 Å². The van der Waals surface area contributed by atoms with Crippen LogP contribution in [0.25, 0.3) is 11.3 Å². The summed E-state index contributed by atoms with van der Waals surface area (Å²) in [5.41, 5.74) is 2.17. The van der Waals surface area contributed by atoms with Gasteiger partial charge in [-0.3, -0.25) is 0 Å². The third-order valence-corrected chi connectivity index (χ3v) is 3.50. The second-order valence-corrected chi connectivity index (χ2v) is 4.89. The average Bonchev–Trinajstić information content (AvgIpc) is 3.02. The summed E-state index contributed by atoms with van der Waals surface area (Å²) in [6.45, 7) is 0. The highest BCUT2D eigenvalue weighted by molar-refractivity contribution is 7.09. The maximum Gasteiger partial charge on any atom is 0.112 e.